The maximum Gasteiger partial charge on any atom is 0.0465 e. The lowest BCUT2D eigenvalue weighted by Gasteiger charge is -2.41. The van der Waals surface area contributed by atoms with E-state index in [2.05, 4.69) is 24.4 Å². The predicted molar refractivity (Wildman–Crippen MR) is 93.2 cm³/mol. The summed E-state index contributed by atoms with van der Waals surface area (Å²) in [5.41, 5.74) is 4.10. The SMILES string of the molecule is CC(C)=C[SiH2]CCN(C1CCCCC1)C1CCCCC1. The first kappa shape index (κ1) is 16.3. The number of allylic oxidation sites excluding steroid dienone is 1. The van der Waals surface area contributed by atoms with E-state index in [1.165, 1.54) is 76.8 Å². The molecule has 20 heavy (non-hydrogen) atoms. The molecule has 0 atom stereocenters. The van der Waals surface area contributed by atoms with Gasteiger partial charge in [0.1, 0.15) is 0 Å². The Kier molecular flexibility index (Phi) is 7.36. The van der Waals surface area contributed by atoms with E-state index in [-0.39, 0.29) is 9.52 Å². The summed E-state index contributed by atoms with van der Waals surface area (Å²) in [6.45, 7) is 5.92. The Morgan fingerprint density at radius 2 is 1.40 bits per heavy atom. The summed E-state index contributed by atoms with van der Waals surface area (Å²) in [7, 11) is 0.0462. The fourth-order valence-corrected chi connectivity index (χ4v) is 5.48. The molecule has 2 saturated carbocycles. The molecule has 0 aromatic rings. The van der Waals surface area contributed by atoms with Crippen molar-refractivity contribution in [1.82, 2.24) is 4.90 Å². The summed E-state index contributed by atoms with van der Waals surface area (Å²) >= 11 is 0. The van der Waals surface area contributed by atoms with Gasteiger partial charge in [-0.2, -0.15) is 0 Å². The molecule has 0 radical (unpaired) electrons. The molecular formula is C18H35NSi. The minimum Gasteiger partial charge on any atom is -0.298 e. The van der Waals surface area contributed by atoms with E-state index in [1.54, 1.807) is 5.57 Å². The number of hydrogen-bond acceptors (Lipinski definition) is 1. The van der Waals surface area contributed by atoms with E-state index in [0.29, 0.717) is 0 Å². The molecule has 0 amide bonds. The fraction of sp³-hybridized carbons (Fsp3) is 0.889. The Labute approximate surface area is 129 Å². The Bertz CT molecular complexity index is 266. The first-order chi connectivity index (χ1) is 9.77. The maximum atomic E-state index is 2.98. The molecular weight excluding hydrogens is 258 g/mol. The maximum absolute atomic E-state index is 2.98. The number of nitrogens with zero attached hydrogens (tertiary/aromatic N) is 1. The zero-order valence-electron chi connectivity index (χ0n) is 13.9. The molecule has 0 spiro atoms. The zero-order valence-corrected chi connectivity index (χ0v) is 15.3. The van der Waals surface area contributed by atoms with Crippen LogP contribution in [0.15, 0.2) is 11.3 Å². The summed E-state index contributed by atoms with van der Waals surface area (Å²) < 4.78 is 0. The third-order valence-corrected chi connectivity index (χ3v) is 7.09. The van der Waals surface area contributed by atoms with Crippen LogP contribution >= 0.6 is 0 Å². The summed E-state index contributed by atoms with van der Waals surface area (Å²) in [5, 5.41) is 0. The van der Waals surface area contributed by atoms with Gasteiger partial charge in [-0.1, -0.05) is 44.1 Å². The lowest BCUT2D eigenvalue weighted by molar-refractivity contribution is 0.0870. The first-order valence-electron chi connectivity index (χ1n) is 9.16. The average Bonchev–Trinajstić information content (AvgIpc) is 2.49. The van der Waals surface area contributed by atoms with Crippen molar-refractivity contribution in [3.05, 3.63) is 11.3 Å². The van der Waals surface area contributed by atoms with Crippen LogP contribution in [0.5, 0.6) is 0 Å². The second-order valence-corrected chi connectivity index (χ2v) is 8.94. The van der Waals surface area contributed by atoms with Gasteiger partial charge in [0.05, 0.1) is 0 Å². The van der Waals surface area contributed by atoms with Gasteiger partial charge in [-0.05, 0) is 52.1 Å². The Balaban J connectivity index is 1.86. The predicted octanol–water partition coefficient (Wildman–Crippen LogP) is 4.46. The second-order valence-electron chi connectivity index (χ2n) is 7.25. The zero-order chi connectivity index (χ0) is 14.2. The van der Waals surface area contributed by atoms with Crippen molar-refractivity contribution >= 4 is 9.52 Å². The highest BCUT2D eigenvalue weighted by molar-refractivity contribution is 6.42. The van der Waals surface area contributed by atoms with E-state index in [9.17, 15) is 0 Å². The minimum absolute atomic E-state index is 0.0462. The largest absolute Gasteiger partial charge is 0.298 e. The molecule has 2 aliphatic carbocycles. The van der Waals surface area contributed by atoms with Gasteiger partial charge in [-0.25, -0.2) is 0 Å². The molecule has 116 valence electrons. The van der Waals surface area contributed by atoms with Crippen LogP contribution < -0.4 is 0 Å². The molecule has 1 nitrogen and oxygen atoms in total. The first-order valence-corrected chi connectivity index (χ1v) is 11.0. The number of rotatable bonds is 6. The summed E-state index contributed by atoms with van der Waals surface area (Å²) in [6.07, 6.45) is 14.9. The molecule has 0 aromatic carbocycles. The van der Waals surface area contributed by atoms with E-state index in [1.807, 2.05) is 0 Å². The van der Waals surface area contributed by atoms with Crippen molar-refractivity contribution in [1.29, 1.82) is 0 Å². The van der Waals surface area contributed by atoms with Crippen molar-refractivity contribution in [3.63, 3.8) is 0 Å². The van der Waals surface area contributed by atoms with E-state index in [0.717, 1.165) is 12.1 Å². The molecule has 2 heteroatoms. The van der Waals surface area contributed by atoms with Crippen molar-refractivity contribution in [2.24, 2.45) is 0 Å². The molecule has 2 fully saturated rings. The van der Waals surface area contributed by atoms with Crippen LogP contribution in [0.2, 0.25) is 6.04 Å². The van der Waals surface area contributed by atoms with Crippen molar-refractivity contribution in [3.8, 4) is 0 Å². The van der Waals surface area contributed by atoms with Crippen LogP contribution in [-0.4, -0.2) is 33.0 Å². The average molecular weight is 294 g/mol. The van der Waals surface area contributed by atoms with Crippen LogP contribution in [0, 0.1) is 0 Å². The highest BCUT2D eigenvalue weighted by Crippen LogP contribution is 2.30. The molecule has 0 aliphatic heterocycles. The monoisotopic (exact) mass is 293 g/mol. The van der Waals surface area contributed by atoms with Crippen molar-refractivity contribution in [2.75, 3.05) is 6.54 Å². The van der Waals surface area contributed by atoms with Crippen LogP contribution in [0.3, 0.4) is 0 Å². The third kappa shape index (κ3) is 5.36. The van der Waals surface area contributed by atoms with E-state index in [4.69, 9.17) is 0 Å². The van der Waals surface area contributed by atoms with E-state index >= 15 is 0 Å². The van der Waals surface area contributed by atoms with Crippen LogP contribution in [0.1, 0.15) is 78.1 Å². The molecule has 0 saturated heterocycles. The molecule has 0 aromatic heterocycles. The van der Waals surface area contributed by atoms with Gasteiger partial charge in [-0.15, -0.1) is 5.70 Å². The molecule has 2 aliphatic rings. The molecule has 0 heterocycles. The lowest BCUT2D eigenvalue weighted by Crippen LogP contribution is -2.45. The summed E-state index contributed by atoms with van der Waals surface area (Å²) in [6, 6.07) is 3.37. The third-order valence-electron chi connectivity index (χ3n) is 5.26. The summed E-state index contributed by atoms with van der Waals surface area (Å²) in [4.78, 5) is 2.98. The van der Waals surface area contributed by atoms with Gasteiger partial charge in [0.15, 0.2) is 0 Å². The number of hydrogen-bond donors (Lipinski definition) is 0. The fourth-order valence-electron chi connectivity index (χ4n) is 4.15. The van der Waals surface area contributed by atoms with Crippen LogP contribution in [0.25, 0.3) is 0 Å². The molecule has 0 bridgehead atoms. The van der Waals surface area contributed by atoms with Crippen LogP contribution in [0.4, 0.5) is 0 Å². The van der Waals surface area contributed by atoms with Crippen LogP contribution in [-0.2, 0) is 0 Å². The summed E-state index contributed by atoms with van der Waals surface area (Å²) in [5.74, 6) is 0. The van der Waals surface area contributed by atoms with Gasteiger partial charge in [0.2, 0.25) is 0 Å². The Morgan fingerprint density at radius 1 is 0.900 bits per heavy atom. The Morgan fingerprint density at radius 3 is 1.85 bits per heavy atom. The van der Waals surface area contributed by atoms with Gasteiger partial charge >= 0.3 is 0 Å². The van der Waals surface area contributed by atoms with Gasteiger partial charge < -0.3 is 0 Å². The van der Waals surface area contributed by atoms with Gasteiger partial charge in [0, 0.05) is 21.6 Å². The quantitative estimate of drug-likeness (QED) is 0.516. The topological polar surface area (TPSA) is 3.24 Å². The Hall–Kier alpha value is -0.0831. The molecule has 2 rings (SSSR count). The highest BCUT2D eigenvalue weighted by Gasteiger charge is 2.28. The smallest absolute Gasteiger partial charge is 0.0465 e. The van der Waals surface area contributed by atoms with Crippen molar-refractivity contribution < 1.29 is 0 Å². The highest BCUT2D eigenvalue weighted by atomic mass is 28.2. The minimum atomic E-state index is 0.0462. The molecule has 0 N–H and O–H groups in total. The lowest BCUT2D eigenvalue weighted by atomic mass is 9.89. The second kappa shape index (κ2) is 9.04. The standard InChI is InChI=1S/C18H35NSi/c1-16(2)15-20-14-13-19(17-9-5-3-6-10-17)18-11-7-4-8-12-18/h15,17-18H,3-14,20H2,1-2H3. The van der Waals surface area contributed by atoms with Gasteiger partial charge in [0.25, 0.3) is 0 Å². The molecule has 0 unspecified atom stereocenters. The van der Waals surface area contributed by atoms with E-state index < -0.39 is 0 Å². The van der Waals surface area contributed by atoms with Gasteiger partial charge in [-0.3, -0.25) is 4.90 Å². The van der Waals surface area contributed by atoms with Crippen molar-refractivity contribution in [2.45, 2.75) is 96.2 Å². The normalized spacial score (nSPS) is 22.8.